The van der Waals surface area contributed by atoms with Gasteiger partial charge in [0.25, 0.3) is 0 Å². The number of hydrogen-bond donors (Lipinski definition) is 0. The van der Waals surface area contributed by atoms with Gasteiger partial charge in [-0.25, -0.2) is 0 Å². The molecule has 0 rings (SSSR count). The first-order valence-corrected chi connectivity index (χ1v) is 26.6. The van der Waals surface area contributed by atoms with Gasteiger partial charge in [0, 0.05) is 19.3 Å². The van der Waals surface area contributed by atoms with E-state index in [1.807, 2.05) is 0 Å². The van der Waals surface area contributed by atoms with E-state index in [-0.39, 0.29) is 31.1 Å². The van der Waals surface area contributed by atoms with Crippen LogP contribution in [-0.4, -0.2) is 37.2 Å². The third-order valence-electron chi connectivity index (χ3n) is 12.1. The highest BCUT2D eigenvalue weighted by molar-refractivity contribution is 5.71. The van der Waals surface area contributed by atoms with Crippen molar-refractivity contribution in [3.63, 3.8) is 0 Å². The molecule has 0 heterocycles. The van der Waals surface area contributed by atoms with Crippen LogP contribution in [0.1, 0.15) is 292 Å². The smallest absolute Gasteiger partial charge is 0.306 e. The van der Waals surface area contributed by atoms with Gasteiger partial charge in [-0.2, -0.15) is 0 Å². The van der Waals surface area contributed by atoms with Crippen molar-refractivity contribution in [2.45, 2.75) is 298 Å². The van der Waals surface area contributed by atoms with Crippen molar-refractivity contribution >= 4 is 17.9 Å². The predicted octanol–water partition coefficient (Wildman–Crippen LogP) is 17.2. The highest BCUT2D eigenvalue weighted by Gasteiger charge is 2.19. The Kier molecular flexibility index (Phi) is 44.2. The van der Waals surface area contributed by atoms with Crippen LogP contribution in [0.5, 0.6) is 0 Å². The van der Waals surface area contributed by atoms with E-state index in [2.05, 4.69) is 41.5 Å². The first kappa shape index (κ1) is 58.4. The monoisotopic (exact) mass is 849 g/mol. The van der Waals surface area contributed by atoms with Crippen molar-refractivity contribution in [1.29, 1.82) is 0 Å². The van der Waals surface area contributed by atoms with Crippen molar-refractivity contribution in [3.8, 4) is 0 Å². The Balaban J connectivity index is 4.32. The molecule has 1 atom stereocenters. The lowest BCUT2D eigenvalue weighted by Gasteiger charge is -2.18. The summed E-state index contributed by atoms with van der Waals surface area (Å²) < 4.78 is 16.8. The second-order valence-electron chi connectivity index (χ2n) is 19.9. The molecule has 0 aromatic rings. The van der Waals surface area contributed by atoms with E-state index in [4.69, 9.17) is 14.2 Å². The Bertz CT molecular complexity index is 929. The summed E-state index contributed by atoms with van der Waals surface area (Å²) in [7, 11) is 0. The molecule has 0 spiro atoms. The fourth-order valence-electron chi connectivity index (χ4n) is 8.12. The molecule has 0 amide bonds. The molecule has 60 heavy (non-hydrogen) atoms. The van der Waals surface area contributed by atoms with Crippen LogP contribution in [0.4, 0.5) is 0 Å². The molecule has 0 saturated heterocycles. The number of unbranched alkanes of at least 4 members (excludes halogenated alkanes) is 30. The van der Waals surface area contributed by atoms with Crippen molar-refractivity contribution < 1.29 is 28.6 Å². The molecule has 0 unspecified atom stereocenters. The molecule has 0 aliphatic rings. The number of carbonyl (C=O) groups is 3. The van der Waals surface area contributed by atoms with Crippen molar-refractivity contribution in [1.82, 2.24) is 0 Å². The Morgan fingerprint density at radius 1 is 0.283 bits per heavy atom. The van der Waals surface area contributed by atoms with Crippen LogP contribution >= 0.6 is 0 Å². The lowest BCUT2D eigenvalue weighted by Crippen LogP contribution is -2.30. The summed E-state index contributed by atoms with van der Waals surface area (Å²) in [5, 5.41) is 0. The average molecular weight is 849 g/mol. The highest BCUT2D eigenvalue weighted by atomic mass is 16.6. The standard InChI is InChI=1S/C54H104O6/c1-48(2)40-34-28-22-16-10-7-8-12-19-25-31-37-43-52(55)58-46-51(47-59-53(56)44-38-32-26-20-15-14-18-24-30-36-42-50(5)6)60-54(57)45-39-33-27-21-13-9-11-17-23-29-35-41-49(3)4/h48-51H,7-47H2,1-6H3/t51-/m1/s1. The Hall–Kier alpha value is -1.59. The quantitative estimate of drug-likeness (QED) is 0.0345. The minimum atomic E-state index is -0.763. The number of esters is 3. The van der Waals surface area contributed by atoms with Gasteiger partial charge in [0.1, 0.15) is 13.2 Å². The maximum atomic E-state index is 12.8. The summed E-state index contributed by atoms with van der Waals surface area (Å²) >= 11 is 0. The molecule has 0 aliphatic heterocycles. The fraction of sp³-hybridized carbons (Fsp3) is 0.944. The van der Waals surface area contributed by atoms with Crippen molar-refractivity contribution in [2.75, 3.05) is 13.2 Å². The average Bonchev–Trinajstić information content (AvgIpc) is 3.20. The highest BCUT2D eigenvalue weighted by Crippen LogP contribution is 2.18. The fourth-order valence-corrected chi connectivity index (χ4v) is 8.12. The van der Waals surface area contributed by atoms with Crippen LogP contribution < -0.4 is 0 Å². The topological polar surface area (TPSA) is 78.9 Å². The van der Waals surface area contributed by atoms with Gasteiger partial charge >= 0.3 is 17.9 Å². The van der Waals surface area contributed by atoms with E-state index in [0.29, 0.717) is 19.3 Å². The summed E-state index contributed by atoms with van der Waals surface area (Å²) in [6.07, 6.45) is 45.2. The molecule has 0 aromatic carbocycles. The minimum absolute atomic E-state index is 0.0645. The van der Waals surface area contributed by atoms with E-state index in [1.54, 1.807) is 0 Å². The molecule has 0 fully saturated rings. The van der Waals surface area contributed by atoms with Crippen molar-refractivity contribution in [3.05, 3.63) is 0 Å². The molecule has 6 heteroatoms. The Morgan fingerprint density at radius 3 is 0.717 bits per heavy atom. The molecule has 0 saturated carbocycles. The summed E-state index contributed by atoms with van der Waals surface area (Å²) in [6, 6.07) is 0. The van der Waals surface area contributed by atoms with E-state index < -0.39 is 6.10 Å². The molecular weight excluding hydrogens is 745 g/mol. The second-order valence-corrected chi connectivity index (χ2v) is 19.9. The number of rotatable bonds is 47. The van der Waals surface area contributed by atoms with Gasteiger partial charge in [-0.3, -0.25) is 14.4 Å². The first-order chi connectivity index (χ1) is 29.1. The number of carbonyl (C=O) groups excluding carboxylic acids is 3. The zero-order chi connectivity index (χ0) is 44.2. The normalized spacial score (nSPS) is 12.2. The molecular formula is C54H104O6. The third kappa shape index (κ3) is 47.5. The zero-order valence-corrected chi connectivity index (χ0v) is 41.3. The van der Waals surface area contributed by atoms with Gasteiger partial charge in [-0.05, 0) is 37.0 Å². The van der Waals surface area contributed by atoms with Crippen LogP contribution in [0.3, 0.4) is 0 Å². The van der Waals surface area contributed by atoms with Crippen LogP contribution in [-0.2, 0) is 28.6 Å². The maximum Gasteiger partial charge on any atom is 0.306 e. The first-order valence-electron chi connectivity index (χ1n) is 26.6. The molecule has 6 nitrogen and oxygen atoms in total. The largest absolute Gasteiger partial charge is 0.462 e. The molecule has 0 aromatic heterocycles. The van der Waals surface area contributed by atoms with Crippen LogP contribution in [0, 0.1) is 17.8 Å². The van der Waals surface area contributed by atoms with E-state index in [0.717, 1.165) is 75.5 Å². The lowest BCUT2D eigenvalue weighted by atomic mass is 10.0. The van der Waals surface area contributed by atoms with Gasteiger partial charge in [0.05, 0.1) is 0 Å². The number of hydrogen-bond acceptors (Lipinski definition) is 6. The van der Waals surface area contributed by atoms with Gasteiger partial charge in [0.2, 0.25) is 0 Å². The summed E-state index contributed by atoms with van der Waals surface area (Å²) in [4.78, 5) is 38.0. The summed E-state index contributed by atoms with van der Waals surface area (Å²) in [5.41, 5.74) is 0. The lowest BCUT2D eigenvalue weighted by molar-refractivity contribution is -0.167. The van der Waals surface area contributed by atoms with Crippen LogP contribution in [0.15, 0.2) is 0 Å². The predicted molar refractivity (Wildman–Crippen MR) is 256 cm³/mol. The Morgan fingerprint density at radius 2 is 0.483 bits per heavy atom. The molecule has 356 valence electrons. The minimum Gasteiger partial charge on any atom is -0.462 e. The number of ether oxygens (including phenoxy) is 3. The summed E-state index contributed by atoms with van der Waals surface area (Å²) in [6.45, 7) is 13.7. The maximum absolute atomic E-state index is 12.8. The molecule has 0 aliphatic carbocycles. The van der Waals surface area contributed by atoms with Gasteiger partial charge in [-0.15, -0.1) is 0 Å². The van der Waals surface area contributed by atoms with Crippen molar-refractivity contribution in [2.24, 2.45) is 17.8 Å². The van der Waals surface area contributed by atoms with E-state index in [9.17, 15) is 14.4 Å². The van der Waals surface area contributed by atoms with Gasteiger partial charge in [-0.1, -0.05) is 253 Å². The third-order valence-corrected chi connectivity index (χ3v) is 12.1. The van der Waals surface area contributed by atoms with E-state index >= 15 is 0 Å². The SMILES string of the molecule is CC(C)CCCCCCCCCCCCCCC(=O)OC[C@H](COC(=O)CCCCCCCCCCCCC(C)C)OC(=O)CCCCCCCCCCCCCC(C)C. The van der Waals surface area contributed by atoms with Gasteiger partial charge in [0.15, 0.2) is 6.10 Å². The zero-order valence-electron chi connectivity index (χ0n) is 41.3. The summed E-state index contributed by atoms with van der Waals surface area (Å²) in [5.74, 6) is 1.63. The second kappa shape index (κ2) is 45.4. The van der Waals surface area contributed by atoms with Crippen LogP contribution in [0.2, 0.25) is 0 Å². The molecule has 0 N–H and O–H groups in total. The molecule has 0 bridgehead atoms. The van der Waals surface area contributed by atoms with Gasteiger partial charge < -0.3 is 14.2 Å². The van der Waals surface area contributed by atoms with Crippen LogP contribution in [0.25, 0.3) is 0 Å². The Labute approximate surface area is 374 Å². The molecule has 0 radical (unpaired) electrons. The van der Waals surface area contributed by atoms with E-state index in [1.165, 1.54) is 173 Å².